The normalized spacial score (nSPS) is 15.5. The first-order chi connectivity index (χ1) is 12.7. The second kappa shape index (κ2) is 7.25. The maximum atomic E-state index is 12.5. The number of aromatic nitrogens is 2. The van der Waals surface area contributed by atoms with Crippen LogP contribution < -0.4 is 27.2 Å². The molecule has 140 valence electrons. The van der Waals surface area contributed by atoms with Crippen LogP contribution >= 0.6 is 23.2 Å². The van der Waals surface area contributed by atoms with E-state index in [-0.39, 0.29) is 23.8 Å². The molecule has 1 atom stereocenters. The van der Waals surface area contributed by atoms with Gasteiger partial charge in [-0.1, -0.05) is 23.2 Å². The van der Waals surface area contributed by atoms with Crippen molar-refractivity contribution in [3.63, 3.8) is 0 Å². The predicted molar refractivity (Wildman–Crippen MR) is 98.3 cm³/mol. The van der Waals surface area contributed by atoms with Crippen molar-refractivity contribution in [2.75, 3.05) is 10.6 Å². The van der Waals surface area contributed by atoms with E-state index in [9.17, 15) is 19.2 Å². The number of H-pyrrole nitrogens is 1. The largest absolute Gasteiger partial charge is 0.351 e. The van der Waals surface area contributed by atoms with Crippen molar-refractivity contribution in [3.8, 4) is 0 Å². The summed E-state index contributed by atoms with van der Waals surface area (Å²) >= 11 is 11.8. The number of nitrogens with two attached hydrogens (primary N) is 1. The van der Waals surface area contributed by atoms with Crippen LogP contribution in [0.25, 0.3) is 0 Å². The summed E-state index contributed by atoms with van der Waals surface area (Å²) in [4.78, 5) is 53.9. The first-order valence-electron chi connectivity index (χ1n) is 7.50. The van der Waals surface area contributed by atoms with Gasteiger partial charge in [-0.25, -0.2) is 4.79 Å². The minimum absolute atomic E-state index is 0.00616. The molecule has 2 aromatic rings. The number of fused-ring (bicyclic) bond motifs is 1. The third kappa shape index (κ3) is 4.18. The van der Waals surface area contributed by atoms with Gasteiger partial charge in [0.15, 0.2) is 0 Å². The predicted octanol–water partition coefficient (Wildman–Crippen LogP) is 1.44. The molecule has 0 saturated heterocycles. The van der Waals surface area contributed by atoms with Crippen molar-refractivity contribution in [3.05, 3.63) is 44.2 Å². The molecular formula is C15H12Cl2N6O4. The van der Waals surface area contributed by atoms with E-state index in [0.717, 1.165) is 0 Å². The molecule has 1 aliphatic heterocycles. The van der Waals surface area contributed by atoms with E-state index >= 15 is 0 Å². The van der Waals surface area contributed by atoms with Gasteiger partial charge in [-0.05, 0) is 18.2 Å². The van der Waals surface area contributed by atoms with Crippen molar-refractivity contribution in [2.45, 2.75) is 12.3 Å². The van der Waals surface area contributed by atoms with Gasteiger partial charge in [-0.3, -0.25) is 24.7 Å². The molecule has 0 saturated carbocycles. The van der Waals surface area contributed by atoms with E-state index in [2.05, 4.69) is 20.6 Å². The quantitative estimate of drug-likeness (QED) is 0.514. The van der Waals surface area contributed by atoms with Gasteiger partial charge in [-0.2, -0.15) is 4.98 Å². The van der Waals surface area contributed by atoms with Crippen LogP contribution in [-0.2, 0) is 9.59 Å². The Bertz CT molecular complexity index is 1000. The lowest BCUT2D eigenvalue weighted by Gasteiger charge is -2.23. The van der Waals surface area contributed by atoms with Crippen LogP contribution in [0.4, 0.5) is 22.2 Å². The number of carbonyl (C=O) groups is 3. The number of urea groups is 1. The van der Waals surface area contributed by atoms with Crippen LogP contribution in [0.1, 0.15) is 17.9 Å². The molecule has 1 unspecified atom stereocenters. The lowest BCUT2D eigenvalue weighted by atomic mass is 9.92. The van der Waals surface area contributed by atoms with Gasteiger partial charge < -0.3 is 16.4 Å². The fourth-order valence-electron chi connectivity index (χ4n) is 2.63. The van der Waals surface area contributed by atoms with Crippen LogP contribution in [0.2, 0.25) is 10.0 Å². The smallest absolute Gasteiger partial charge is 0.318 e. The topological polar surface area (TPSA) is 159 Å². The summed E-state index contributed by atoms with van der Waals surface area (Å²) in [6, 6.07) is 3.54. The van der Waals surface area contributed by atoms with Crippen molar-refractivity contribution in [1.82, 2.24) is 15.3 Å². The molecule has 1 aliphatic rings. The summed E-state index contributed by atoms with van der Waals surface area (Å²) < 4.78 is 0. The molecule has 1 aromatic heterocycles. The van der Waals surface area contributed by atoms with E-state index in [1.807, 2.05) is 5.32 Å². The van der Waals surface area contributed by atoms with Crippen LogP contribution in [0, 0.1) is 0 Å². The maximum Gasteiger partial charge on any atom is 0.318 e. The number of nitrogens with one attached hydrogen (secondary N) is 4. The number of carbonyl (C=O) groups excluding carboxylic acids is 3. The third-order valence-corrected chi connectivity index (χ3v) is 4.08. The van der Waals surface area contributed by atoms with Gasteiger partial charge in [0, 0.05) is 22.2 Å². The van der Waals surface area contributed by atoms with E-state index in [1.54, 1.807) is 12.1 Å². The van der Waals surface area contributed by atoms with Crippen molar-refractivity contribution in [1.29, 1.82) is 0 Å². The highest BCUT2D eigenvalue weighted by Crippen LogP contribution is 2.30. The molecule has 3 rings (SSSR count). The molecule has 10 nitrogen and oxygen atoms in total. The molecule has 1 aromatic carbocycles. The summed E-state index contributed by atoms with van der Waals surface area (Å²) in [5, 5.41) is 7.82. The zero-order chi connectivity index (χ0) is 19.7. The molecule has 27 heavy (non-hydrogen) atoms. The molecule has 4 amide bonds. The monoisotopic (exact) mass is 410 g/mol. The number of halogens is 2. The second-order valence-electron chi connectivity index (χ2n) is 5.62. The molecule has 12 heteroatoms. The SMILES string of the molecule is NC(=O)NC(=O)C1CC(=O)Nc2nc(Nc3cc(Cl)cc(Cl)c3)[nH]c(=O)c21. The molecule has 0 aliphatic carbocycles. The Labute approximate surface area is 161 Å². The van der Waals surface area contributed by atoms with Gasteiger partial charge in [0.1, 0.15) is 5.82 Å². The lowest BCUT2D eigenvalue weighted by Crippen LogP contribution is -2.43. The number of imide groups is 1. The van der Waals surface area contributed by atoms with Gasteiger partial charge >= 0.3 is 6.03 Å². The van der Waals surface area contributed by atoms with Crippen LogP contribution in [0.5, 0.6) is 0 Å². The Hall–Kier alpha value is -3.11. The van der Waals surface area contributed by atoms with Crippen molar-refractivity contribution < 1.29 is 14.4 Å². The number of benzene rings is 1. The summed E-state index contributed by atoms with van der Waals surface area (Å²) in [6.45, 7) is 0. The highest BCUT2D eigenvalue weighted by atomic mass is 35.5. The highest BCUT2D eigenvalue weighted by Gasteiger charge is 2.35. The standard InChI is InChI=1S/C15H12Cl2N6O4/c16-5-1-6(17)3-7(2-5)19-15-21-11-10(13(26)23-15)8(4-9(24)20-11)12(25)22-14(18)27/h1-3,8H,4H2,(H3,18,22,25,27)(H3,19,20,21,23,24,26). The third-order valence-electron chi connectivity index (χ3n) is 3.64. The summed E-state index contributed by atoms with van der Waals surface area (Å²) in [6.07, 6.45) is -0.326. The van der Waals surface area contributed by atoms with Crippen molar-refractivity contribution in [2.24, 2.45) is 5.73 Å². The van der Waals surface area contributed by atoms with E-state index in [0.29, 0.717) is 15.7 Å². The van der Waals surface area contributed by atoms with Crippen LogP contribution in [0.15, 0.2) is 23.0 Å². The number of primary amides is 1. The number of aromatic amines is 1. The summed E-state index contributed by atoms with van der Waals surface area (Å²) in [5.74, 6) is -2.72. The Morgan fingerprint density at radius 2 is 1.85 bits per heavy atom. The van der Waals surface area contributed by atoms with E-state index in [1.165, 1.54) is 6.07 Å². The second-order valence-corrected chi connectivity index (χ2v) is 6.49. The first-order valence-corrected chi connectivity index (χ1v) is 8.26. The zero-order valence-electron chi connectivity index (χ0n) is 13.4. The fraction of sp³-hybridized carbons (Fsp3) is 0.133. The Morgan fingerprint density at radius 1 is 1.19 bits per heavy atom. The number of amides is 4. The average Bonchev–Trinajstić information content (AvgIpc) is 2.51. The first kappa shape index (κ1) is 18.7. The van der Waals surface area contributed by atoms with Gasteiger partial charge in [0.05, 0.1) is 11.5 Å². The Kier molecular flexibility index (Phi) is 5.02. The molecule has 0 fully saturated rings. The molecular weight excluding hydrogens is 399 g/mol. The van der Waals surface area contributed by atoms with Gasteiger partial charge in [0.25, 0.3) is 5.56 Å². The number of rotatable bonds is 3. The minimum atomic E-state index is -1.20. The average molecular weight is 411 g/mol. The lowest BCUT2D eigenvalue weighted by molar-refractivity contribution is -0.125. The molecule has 6 N–H and O–H groups in total. The van der Waals surface area contributed by atoms with Crippen LogP contribution in [-0.4, -0.2) is 27.8 Å². The Morgan fingerprint density at radius 3 is 2.48 bits per heavy atom. The zero-order valence-corrected chi connectivity index (χ0v) is 14.9. The van der Waals surface area contributed by atoms with Gasteiger partial charge in [-0.15, -0.1) is 0 Å². The molecule has 2 heterocycles. The fourth-order valence-corrected chi connectivity index (χ4v) is 3.15. The highest BCUT2D eigenvalue weighted by molar-refractivity contribution is 6.35. The molecule has 0 radical (unpaired) electrons. The number of anilines is 3. The summed E-state index contributed by atoms with van der Waals surface area (Å²) in [5.41, 5.74) is 4.62. The minimum Gasteiger partial charge on any atom is -0.351 e. The van der Waals surface area contributed by atoms with E-state index < -0.39 is 29.3 Å². The van der Waals surface area contributed by atoms with Gasteiger partial charge in [0.2, 0.25) is 17.8 Å². The molecule has 0 spiro atoms. The van der Waals surface area contributed by atoms with Crippen LogP contribution in [0.3, 0.4) is 0 Å². The number of hydrogen-bond acceptors (Lipinski definition) is 6. The van der Waals surface area contributed by atoms with Crippen molar-refractivity contribution >= 4 is 58.5 Å². The molecule has 0 bridgehead atoms. The summed E-state index contributed by atoms with van der Waals surface area (Å²) in [7, 11) is 0. The number of nitrogens with zero attached hydrogens (tertiary/aromatic N) is 1. The van der Waals surface area contributed by atoms with E-state index in [4.69, 9.17) is 28.9 Å². The Balaban J connectivity index is 1.98. The maximum absolute atomic E-state index is 12.5. The number of hydrogen-bond donors (Lipinski definition) is 5.